The minimum atomic E-state index is -0.264. The molecule has 0 radical (unpaired) electrons. The van der Waals surface area contributed by atoms with Gasteiger partial charge in [0.15, 0.2) is 11.5 Å². The number of halogens is 3. The van der Waals surface area contributed by atoms with E-state index in [1.54, 1.807) is 26.4 Å². The molecule has 0 fully saturated rings. The summed E-state index contributed by atoms with van der Waals surface area (Å²) in [6.45, 7) is 2.49. The Balaban J connectivity index is 0.00000336. The minimum Gasteiger partial charge on any atom is -0.493 e. The predicted molar refractivity (Wildman–Crippen MR) is 226 cm³/mol. The molecule has 1 heterocycles. The minimum absolute atomic E-state index is 0. The Morgan fingerprint density at radius 1 is 0.800 bits per heavy atom. The molecule has 0 bridgehead atoms. The van der Waals surface area contributed by atoms with E-state index in [2.05, 4.69) is 95.1 Å². The van der Waals surface area contributed by atoms with Crippen LogP contribution in [-0.4, -0.2) is 44.7 Å². The molecule has 0 aromatic heterocycles. The van der Waals surface area contributed by atoms with Crippen LogP contribution < -0.4 is 20.5 Å². The lowest BCUT2D eigenvalue weighted by atomic mass is 9.68. The first-order valence-electron chi connectivity index (χ1n) is 18.8. The second kappa shape index (κ2) is 20.9. The van der Waals surface area contributed by atoms with Crippen LogP contribution >= 0.6 is 24.8 Å². The average molecular weight is 787 g/mol. The van der Waals surface area contributed by atoms with E-state index in [1.807, 2.05) is 12.1 Å². The Hall–Kier alpha value is -4.56. The largest absolute Gasteiger partial charge is 0.493 e. The highest BCUT2D eigenvalue weighted by Gasteiger charge is 2.35. The van der Waals surface area contributed by atoms with Crippen LogP contribution in [0.2, 0.25) is 0 Å². The molecule has 1 aliphatic rings. The summed E-state index contributed by atoms with van der Waals surface area (Å²) >= 11 is 0. The number of nitrogens with one attached hydrogen (secondary N) is 1. The van der Waals surface area contributed by atoms with Crippen molar-refractivity contribution in [3.05, 3.63) is 161 Å². The van der Waals surface area contributed by atoms with Crippen LogP contribution in [0.25, 0.3) is 0 Å². The number of ether oxygens (including phenoxy) is 2. The van der Waals surface area contributed by atoms with Crippen LogP contribution in [0, 0.1) is 5.82 Å². The van der Waals surface area contributed by atoms with Crippen LogP contribution in [-0.2, 0) is 29.5 Å². The molecule has 55 heavy (non-hydrogen) atoms. The van der Waals surface area contributed by atoms with Crippen molar-refractivity contribution in [2.24, 2.45) is 0 Å². The second-order valence-electron chi connectivity index (χ2n) is 14.2. The number of anilines is 1. The number of benzene rings is 5. The number of amides is 1. The summed E-state index contributed by atoms with van der Waals surface area (Å²) in [5.41, 5.74) is 14.0. The zero-order chi connectivity index (χ0) is 37.0. The summed E-state index contributed by atoms with van der Waals surface area (Å²) in [7, 11) is 3.40. The van der Waals surface area contributed by atoms with E-state index >= 15 is 0 Å². The topological polar surface area (TPSA) is 76.8 Å². The lowest BCUT2D eigenvalue weighted by Gasteiger charge is -2.40. The van der Waals surface area contributed by atoms with Gasteiger partial charge in [0.05, 0.1) is 14.2 Å². The molecule has 6 nitrogen and oxygen atoms in total. The number of rotatable bonds is 17. The maximum atomic E-state index is 13.3. The smallest absolute Gasteiger partial charge is 0.220 e. The van der Waals surface area contributed by atoms with Gasteiger partial charge in [-0.2, -0.15) is 0 Å². The Morgan fingerprint density at radius 3 is 2.00 bits per heavy atom. The molecule has 0 saturated carbocycles. The molecule has 1 amide bonds. The van der Waals surface area contributed by atoms with Crippen molar-refractivity contribution < 1.29 is 18.7 Å². The first-order valence-corrected chi connectivity index (χ1v) is 18.8. The van der Waals surface area contributed by atoms with E-state index in [1.165, 1.54) is 39.9 Å². The van der Waals surface area contributed by atoms with Gasteiger partial charge in [-0.3, -0.25) is 9.69 Å². The fourth-order valence-electron chi connectivity index (χ4n) is 8.05. The van der Waals surface area contributed by atoms with Crippen molar-refractivity contribution in [2.75, 3.05) is 39.6 Å². The molecule has 0 saturated heterocycles. The van der Waals surface area contributed by atoms with Crippen LogP contribution in [0.4, 0.5) is 10.1 Å². The average Bonchev–Trinajstić information content (AvgIpc) is 3.20. The van der Waals surface area contributed by atoms with E-state index in [0.717, 1.165) is 74.4 Å². The van der Waals surface area contributed by atoms with Gasteiger partial charge in [-0.1, -0.05) is 84.9 Å². The van der Waals surface area contributed by atoms with Crippen molar-refractivity contribution in [3.8, 4) is 11.5 Å². The fourth-order valence-corrected chi connectivity index (χ4v) is 8.05. The van der Waals surface area contributed by atoms with Crippen molar-refractivity contribution in [2.45, 2.75) is 62.8 Å². The van der Waals surface area contributed by atoms with Gasteiger partial charge >= 0.3 is 0 Å². The van der Waals surface area contributed by atoms with Gasteiger partial charge in [0.25, 0.3) is 0 Å². The third kappa shape index (κ3) is 11.0. The normalized spacial score (nSPS) is 13.8. The van der Waals surface area contributed by atoms with Gasteiger partial charge < -0.3 is 20.5 Å². The molecular weight excluding hydrogens is 732 g/mol. The van der Waals surface area contributed by atoms with Crippen LogP contribution in [0.1, 0.15) is 71.5 Å². The number of fused-ring (bicyclic) bond motifs is 1. The van der Waals surface area contributed by atoms with Gasteiger partial charge in [-0.05, 0) is 121 Å². The third-order valence-electron chi connectivity index (χ3n) is 10.9. The monoisotopic (exact) mass is 785 g/mol. The number of hydrogen-bond acceptors (Lipinski definition) is 5. The summed E-state index contributed by atoms with van der Waals surface area (Å²) in [6.07, 6.45) is 6.47. The van der Waals surface area contributed by atoms with E-state index < -0.39 is 0 Å². The van der Waals surface area contributed by atoms with Crippen LogP contribution in [0.3, 0.4) is 0 Å². The molecule has 0 aliphatic carbocycles. The van der Waals surface area contributed by atoms with E-state index in [-0.39, 0.29) is 48.0 Å². The molecule has 5 aromatic rings. The third-order valence-corrected chi connectivity index (χ3v) is 10.9. The highest BCUT2D eigenvalue weighted by Crippen LogP contribution is 2.43. The summed E-state index contributed by atoms with van der Waals surface area (Å²) in [6, 6.07) is 40.9. The number of carbonyl (C=O) groups is 1. The number of nitrogen functional groups attached to an aromatic ring is 1. The summed E-state index contributed by atoms with van der Waals surface area (Å²) < 4.78 is 24.8. The summed E-state index contributed by atoms with van der Waals surface area (Å²) in [4.78, 5) is 15.5. The van der Waals surface area contributed by atoms with Gasteiger partial charge in [-0.15, -0.1) is 24.8 Å². The SMILES string of the molecule is COc1cc2c(cc1OC)C(Cc1ccc(N)cc1)N(CCCC(CCCNC(=O)CCc1ccc(F)cc1)(c1ccccc1)c1ccccc1)CC2.Cl.Cl. The van der Waals surface area contributed by atoms with Crippen LogP contribution in [0.5, 0.6) is 11.5 Å². The maximum Gasteiger partial charge on any atom is 0.220 e. The Morgan fingerprint density at radius 2 is 1.38 bits per heavy atom. The molecular formula is C46H54Cl2FN3O3. The van der Waals surface area contributed by atoms with E-state index in [4.69, 9.17) is 15.2 Å². The zero-order valence-corrected chi connectivity index (χ0v) is 33.5. The maximum absolute atomic E-state index is 13.3. The van der Waals surface area contributed by atoms with Crippen molar-refractivity contribution in [1.82, 2.24) is 10.2 Å². The zero-order valence-electron chi connectivity index (χ0n) is 31.8. The second-order valence-corrected chi connectivity index (χ2v) is 14.2. The Labute approximate surface area is 338 Å². The van der Waals surface area contributed by atoms with Crippen LogP contribution in [0.15, 0.2) is 121 Å². The van der Waals surface area contributed by atoms with Gasteiger partial charge in [0, 0.05) is 36.7 Å². The van der Waals surface area contributed by atoms with Gasteiger partial charge in [-0.25, -0.2) is 4.39 Å². The van der Waals surface area contributed by atoms with E-state index in [9.17, 15) is 9.18 Å². The number of methoxy groups -OCH3 is 2. The molecule has 3 N–H and O–H groups in total. The highest BCUT2D eigenvalue weighted by molar-refractivity contribution is 5.85. The molecule has 0 spiro atoms. The summed E-state index contributed by atoms with van der Waals surface area (Å²) in [5.74, 6) is 1.28. The van der Waals surface area contributed by atoms with Crippen molar-refractivity contribution >= 4 is 36.4 Å². The molecule has 6 rings (SSSR count). The van der Waals surface area contributed by atoms with Crippen molar-refractivity contribution in [1.29, 1.82) is 0 Å². The lowest BCUT2D eigenvalue weighted by molar-refractivity contribution is -0.121. The number of nitrogens with two attached hydrogens (primary N) is 1. The standard InChI is InChI=1S/C46H52FN3O3.2ClH/c1-52-43-32-36-25-30-50(42(41(36)33-44(43)53-2)31-35-17-22-40(48)23-18-35)29-10-27-46(37-11-5-3-6-12-37,38-13-7-4-8-14-38)26-9-28-49-45(51)24-19-34-15-20-39(47)21-16-34;;/h3-8,11-18,20-23,32-33,42H,9-10,19,24-31,48H2,1-2H3,(H,49,51);2*1H. The summed E-state index contributed by atoms with van der Waals surface area (Å²) in [5, 5.41) is 3.16. The first kappa shape index (κ1) is 43.2. The quantitative estimate of drug-likeness (QED) is 0.0726. The Kier molecular flexibility index (Phi) is 16.4. The van der Waals surface area contributed by atoms with E-state index in [0.29, 0.717) is 19.4 Å². The molecule has 9 heteroatoms. The number of carbonyl (C=O) groups excluding carboxylic acids is 1. The molecule has 5 aromatic carbocycles. The predicted octanol–water partition coefficient (Wildman–Crippen LogP) is 9.71. The Bertz CT molecular complexity index is 1870. The van der Waals surface area contributed by atoms with Crippen molar-refractivity contribution in [3.63, 3.8) is 0 Å². The van der Waals surface area contributed by atoms with Gasteiger partial charge in [0.2, 0.25) is 5.91 Å². The number of aryl methyl sites for hydroxylation is 1. The number of hydrogen-bond donors (Lipinski definition) is 2. The molecule has 1 atom stereocenters. The lowest BCUT2D eigenvalue weighted by Crippen LogP contribution is -2.38. The first-order chi connectivity index (χ1) is 25.9. The highest BCUT2D eigenvalue weighted by atomic mass is 35.5. The molecule has 1 aliphatic heterocycles. The fraction of sp³-hybridized carbons (Fsp3) is 0.326. The molecule has 292 valence electrons. The molecule has 1 unspecified atom stereocenters. The van der Waals surface area contributed by atoms with Gasteiger partial charge in [0.1, 0.15) is 5.82 Å². The number of nitrogens with zero attached hydrogens (tertiary/aromatic N) is 1.